The van der Waals surface area contributed by atoms with Crippen LogP contribution in [0.2, 0.25) is 0 Å². The lowest BCUT2D eigenvalue weighted by Crippen LogP contribution is -2.18. The number of rotatable bonds is 4. The van der Waals surface area contributed by atoms with E-state index in [-0.39, 0.29) is 0 Å². The lowest BCUT2D eigenvalue weighted by atomic mass is 9.94. The van der Waals surface area contributed by atoms with Gasteiger partial charge in [0, 0.05) is 23.9 Å². The monoisotopic (exact) mass is 270 g/mol. The molecule has 3 rings (SSSR count). The minimum Gasteiger partial charge on any atom is -0.338 e. The second-order valence-electron chi connectivity index (χ2n) is 5.93. The Hall–Kier alpha value is -1.61. The first-order valence-corrected chi connectivity index (χ1v) is 7.46. The maximum atomic E-state index is 12.3. The molecule has 0 unspecified atom stereocenters. The van der Waals surface area contributed by atoms with Crippen molar-refractivity contribution >= 4 is 16.7 Å². The highest BCUT2D eigenvalue weighted by Crippen LogP contribution is 2.32. The van der Waals surface area contributed by atoms with Crippen LogP contribution in [0.1, 0.15) is 35.3 Å². The molecule has 1 aromatic heterocycles. The summed E-state index contributed by atoms with van der Waals surface area (Å²) in [6, 6.07) is 8.46. The molecule has 1 aliphatic carbocycles. The molecule has 2 aromatic rings. The molecule has 0 N–H and O–H groups in total. The summed E-state index contributed by atoms with van der Waals surface area (Å²) < 4.78 is 2.26. The van der Waals surface area contributed by atoms with Crippen LogP contribution in [0.5, 0.6) is 0 Å². The maximum absolute atomic E-state index is 12.3. The van der Waals surface area contributed by atoms with E-state index in [1.165, 1.54) is 16.5 Å². The van der Waals surface area contributed by atoms with E-state index in [4.69, 9.17) is 0 Å². The van der Waals surface area contributed by atoms with Crippen LogP contribution >= 0.6 is 0 Å². The van der Waals surface area contributed by atoms with Gasteiger partial charge in [-0.15, -0.1) is 0 Å². The van der Waals surface area contributed by atoms with Gasteiger partial charge in [-0.3, -0.25) is 4.79 Å². The van der Waals surface area contributed by atoms with Gasteiger partial charge < -0.3 is 9.47 Å². The molecule has 0 aliphatic heterocycles. The molecule has 0 bridgehead atoms. The number of hydrogen-bond donors (Lipinski definition) is 0. The molecule has 0 radical (unpaired) electrons. The average Bonchev–Trinajstić information content (AvgIpc) is 2.75. The van der Waals surface area contributed by atoms with Gasteiger partial charge in [-0.2, -0.15) is 0 Å². The lowest BCUT2D eigenvalue weighted by Gasteiger charge is -2.16. The summed E-state index contributed by atoms with van der Waals surface area (Å²) in [7, 11) is 4.18. The number of aryl methyl sites for hydroxylation is 2. The van der Waals surface area contributed by atoms with Gasteiger partial charge in [-0.1, -0.05) is 18.2 Å². The number of hydrogen-bond acceptors (Lipinski definition) is 2. The van der Waals surface area contributed by atoms with Gasteiger partial charge in [0.25, 0.3) is 0 Å². The number of aromatic nitrogens is 1. The van der Waals surface area contributed by atoms with Crippen molar-refractivity contribution in [2.24, 2.45) is 0 Å². The second-order valence-corrected chi connectivity index (χ2v) is 5.93. The van der Waals surface area contributed by atoms with Crippen LogP contribution in [-0.2, 0) is 13.0 Å². The molecule has 1 heterocycles. The Kier molecular flexibility index (Phi) is 3.62. The van der Waals surface area contributed by atoms with E-state index in [0.29, 0.717) is 12.2 Å². The van der Waals surface area contributed by atoms with Crippen LogP contribution in [0.4, 0.5) is 0 Å². The van der Waals surface area contributed by atoms with Crippen molar-refractivity contribution in [3.8, 4) is 0 Å². The van der Waals surface area contributed by atoms with Crippen molar-refractivity contribution in [3.05, 3.63) is 35.5 Å². The van der Waals surface area contributed by atoms with E-state index < -0.39 is 0 Å². The minimum atomic E-state index is 0.326. The summed E-state index contributed by atoms with van der Waals surface area (Å²) >= 11 is 0. The smallest absolute Gasteiger partial charge is 0.179 e. The standard InChI is InChI=1S/C17H22N2O/c1-18(2)11-6-12-19-15-9-4-3-7-13(15)14-8-5-10-16(20)17(14)19/h3-4,7,9H,5-6,8,10-12H2,1-2H3. The van der Waals surface area contributed by atoms with E-state index in [1.807, 2.05) is 0 Å². The van der Waals surface area contributed by atoms with Crippen molar-refractivity contribution < 1.29 is 4.79 Å². The second kappa shape index (κ2) is 5.41. The van der Waals surface area contributed by atoms with E-state index in [1.54, 1.807) is 0 Å². The van der Waals surface area contributed by atoms with Gasteiger partial charge in [0.15, 0.2) is 5.78 Å². The number of ketones is 1. The molecule has 1 aromatic carbocycles. The normalized spacial score (nSPS) is 15.1. The van der Waals surface area contributed by atoms with Crippen LogP contribution in [0.15, 0.2) is 24.3 Å². The zero-order chi connectivity index (χ0) is 14.1. The molecule has 0 fully saturated rings. The maximum Gasteiger partial charge on any atom is 0.179 e. The van der Waals surface area contributed by atoms with Gasteiger partial charge in [-0.05, 0) is 51.5 Å². The summed E-state index contributed by atoms with van der Waals surface area (Å²) in [5.41, 5.74) is 3.49. The molecule has 1 aliphatic rings. The molecule has 106 valence electrons. The van der Waals surface area contributed by atoms with Crippen LogP contribution in [0.3, 0.4) is 0 Å². The number of nitrogens with zero attached hydrogens (tertiary/aromatic N) is 2. The fourth-order valence-electron chi connectivity index (χ4n) is 3.27. The first-order valence-electron chi connectivity index (χ1n) is 7.46. The highest BCUT2D eigenvalue weighted by molar-refractivity contribution is 6.04. The van der Waals surface area contributed by atoms with Crippen molar-refractivity contribution in [1.29, 1.82) is 0 Å². The number of carbonyl (C=O) groups is 1. The average molecular weight is 270 g/mol. The summed E-state index contributed by atoms with van der Waals surface area (Å²) in [6.45, 7) is 1.98. The predicted molar refractivity (Wildman–Crippen MR) is 82.4 cm³/mol. The topological polar surface area (TPSA) is 25.2 Å². The SMILES string of the molecule is CN(C)CCCn1c2c(c3ccccc31)CCCC2=O. The summed E-state index contributed by atoms with van der Waals surface area (Å²) in [5.74, 6) is 0.326. The van der Waals surface area contributed by atoms with Crippen LogP contribution in [0.25, 0.3) is 10.9 Å². The summed E-state index contributed by atoms with van der Waals surface area (Å²) in [6.07, 6.45) is 3.82. The third-order valence-corrected chi connectivity index (χ3v) is 4.16. The van der Waals surface area contributed by atoms with Crippen molar-refractivity contribution in [2.75, 3.05) is 20.6 Å². The van der Waals surface area contributed by atoms with E-state index in [2.05, 4.69) is 47.8 Å². The molecule has 0 amide bonds. The molecule has 3 heteroatoms. The van der Waals surface area contributed by atoms with Crippen LogP contribution in [0, 0.1) is 0 Å². The van der Waals surface area contributed by atoms with Crippen LogP contribution in [-0.4, -0.2) is 35.9 Å². The van der Waals surface area contributed by atoms with Gasteiger partial charge >= 0.3 is 0 Å². The number of para-hydroxylation sites is 1. The Balaban J connectivity index is 2.05. The van der Waals surface area contributed by atoms with Gasteiger partial charge in [-0.25, -0.2) is 0 Å². The highest BCUT2D eigenvalue weighted by Gasteiger charge is 2.25. The first kappa shape index (κ1) is 13.4. The zero-order valence-electron chi connectivity index (χ0n) is 12.4. The summed E-state index contributed by atoms with van der Waals surface area (Å²) in [5, 5.41) is 1.28. The zero-order valence-corrected chi connectivity index (χ0v) is 12.4. The van der Waals surface area contributed by atoms with E-state index in [9.17, 15) is 4.79 Å². The van der Waals surface area contributed by atoms with Crippen molar-refractivity contribution in [2.45, 2.75) is 32.2 Å². The third kappa shape index (κ3) is 2.27. The van der Waals surface area contributed by atoms with Gasteiger partial charge in [0.2, 0.25) is 0 Å². The van der Waals surface area contributed by atoms with Gasteiger partial charge in [0.1, 0.15) is 0 Å². The Bertz CT molecular complexity index is 640. The predicted octanol–water partition coefficient (Wildman–Crippen LogP) is 3.11. The van der Waals surface area contributed by atoms with E-state index in [0.717, 1.165) is 38.0 Å². The molecular weight excluding hydrogens is 248 g/mol. The first-order chi connectivity index (χ1) is 9.68. The quantitative estimate of drug-likeness (QED) is 0.853. The van der Waals surface area contributed by atoms with E-state index >= 15 is 0 Å². The number of carbonyl (C=O) groups excluding carboxylic acids is 1. The van der Waals surface area contributed by atoms with Crippen LogP contribution < -0.4 is 0 Å². The number of fused-ring (bicyclic) bond motifs is 3. The Morgan fingerprint density at radius 2 is 2.00 bits per heavy atom. The molecule has 3 nitrogen and oxygen atoms in total. The molecule has 0 saturated carbocycles. The Morgan fingerprint density at radius 1 is 1.20 bits per heavy atom. The van der Waals surface area contributed by atoms with Crippen molar-refractivity contribution in [1.82, 2.24) is 9.47 Å². The Labute approximate surface area is 120 Å². The highest BCUT2D eigenvalue weighted by atomic mass is 16.1. The number of Topliss-reactive ketones (excluding diaryl/α,β-unsaturated/α-hetero) is 1. The molecule has 0 saturated heterocycles. The lowest BCUT2D eigenvalue weighted by molar-refractivity contribution is 0.0963. The van der Waals surface area contributed by atoms with Crippen molar-refractivity contribution in [3.63, 3.8) is 0 Å². The third-order valence-electron chi connectivity index (χ3n) is 4.16. The molecular formula is C17H22N2O. The molecule has 20 heavy (non-hydrogen) atoms. The Morgan fingerprint density at radius 3 is 2.80 bits per heavy atom. The molecule has 0 atom stereocenters. The number of benzene rings is 1. The largest absolute Gasteiger partial charge is 0.338 e. The fourth-order valence-corrected chi connectivity index (χ4v) is 3.27. The van der Waals surface area contributed by atoms with Gasteiger partial charge in [0.05, 0.1) is 5.69 Å². The fraction of sp³-hybridized carbons (Fsp3) is 0.471. The molecule has 0 spiro atoms. The minimum absolute atomic E-state index is 0.326. The summed E-state index contributed by atoms with van der Waals surface area (Å²) in [4.78, 5) is 14.5.